The molecule has 1 N–H and O–H groups in total. The van der Waals surface area contributed by atoms with Crippen LogP contribution in [-0.4, -0.2) is 34.1 Å². The lowest BCUT2D eigenvalue weighted by atomic mass is 9.75. The van der Waals surface area contributed by atoms with E-state index in [-0.39, 0.29) is 18.5 Å². The topological polar surface area (TPSA) is 66.3 Å². The van der Waals surface area contributed by atoms with Gasteiger partial charge in [0.25, 0.3) is 0 Å². The van der Waals surface area contributed by atoms with Crippen LogP contribution in [-0.2, 0) is 11.2 Å². The van der Waals surface area contributed by atoms with Gasteiger partial charge in [0.05, 0.1) is 5.41 Å². The Kier molecular flexibility index (Phi) is 4.65. The monoisotopic (exact) mass is 347 g/mol. The van der Waals surface area contributed by atoms with Gasteiger partial charge in [-0.3, -0.25) is 4.79 Å². The lowest BCUT2D eigenvalue weighted by molar-refractivity contribution is -0.149. The van der Waals surface area contributed by atoms with E-state index in [1.807, 2.05) is 11.8 Å². The maximum atomic E-state index is 14.0. The fourth-order valence-electron chi connectivity index (χ4n) is 3.31. The van der Waals surface area contributed by atoms with Crippen molar-refractivity contribution in [2.75, 3.05) is 18.0 Å². The van der Waals surface area contributed by atoms with Crippen molar-refractivity contribution in [3.8, 4) is 0 Å². The minimum absolute atomic E-state index is 0.00321. The van der Waals surface area contributed by atoms with Crippen LogP contribution in [0.4, 0.5) is 14.7 Å². The molecule has 1 aromatic heterocycles. The first-order valence-electron chi connectivity index (χ1n) is 8.12. The van der Waals surface area contributed by atoms with Gasteiger partial charge in [-0.15, -0.1) is 0 Å². The summed E-state index contributed by atoms with van der Waals surface area (Å²) in [5, 5.41) is 9.85. The summed E-state index contributed by atoms with van der Waals surface area (Å²) in [5.41, 5.74) is -0.166. The Morgan fingerprint density at radius 2 is 2.16 bits per heavy atom. The van der Waals surface area contributed by atoms with Crippen molar-refractivity contribution >= 4 is 11.9 Å². The molecule has 1 aliphatic heterocycles. The Bertz CT molecular complexity index is 800. The summed E-state index contributed by atoms with van der Waals surface area (Å²) in [5.74, 6) is -1.91. The van der Waals surface area contributed by atoms with Gasteiger partial charge in [-0.05, 0) is 43.9 Å². The van der Waals surface area contributed by atoms with Gasteiger partial charge < -0.3 is 10.0 Å². The molecule has 2 heterocycles. The van der Waals surface area contributed by atoms with Crippen LogP contribution in [0.1, 0.15) is 24.1 Å². The van der Waals surface area contributed by atoms with Gasteiger partial charge in [-0.1, -0.05) is 6.07 Å². The Morgan fingerprint density at radius 1 is 1.36 bits per heavy atom. The van der Waals surface area contributed by atoms with Crippen LogP contribution in [0.25, 0.3) is 0 Å². The van der Waals surface area contributed by atoms with Crippen molar-refractivity contribution in [3.05, 3.63) is 53.4 Å². The molecule has 1 fully saturated rings. The number of aliphatic carboxylic acids is 1. The van der Waals surface area contributed by atoms with Crippen molar-refractivity contribution < 1.29 is 18.7 Å². The quantitative estimate of drug-likeness (QED) is 0.921. The normalized spacial score (nSPS) is 20.5. The molecule has 0 radical (unpaired) electrons. The molecule has 3 rings (SSSR count). The Labute approximate surface area is 144 Å². The number of benzene rings is 1. The van der Waals surface area contributed by atoms with Crippen LogP contribution in [0.3, 0.4) is 0 Å². The van der Waals surface area contributed by atoms with Gasteiger partial charge in [0.1, 0.15) is 11.6 Å². The van der Waals surface area contributed by atoms with E-state index in [9.17, 15) is 18.7 Å². The van der Waals surface area contributed by atoms with E-state index in [0.29, 0.717) is 25.3 Å². The SMILES string of the molecule is Cc1ccnc(N2CCCC(Cc3ccc(F)cc3F)(C(=O)O)C2)n1. The molecule has 25 heavy (non-hydrogen) atoms. The average Bonchev–Trinajstić information content (AvgIpc) is 2.57. The molecule has 1 unspecified atom stereocenters. The average molecular weight is 347 g/mol. The lowest BCUT2D eigenvalue weighted by Gasteiger charge is -2.40. The highest BCUT2D eigenvalue weighted by Gasteiger charge is 2.43. The zero-order valence-corrected chi connectivity index (χ0v) is 13.9. The number of rotatable bonds is 4. The molecule has 132 valence electrons. The third-order valence-electron chi connectivity index (χ3n) is 4.64. The van der Waals surface area contributed by atoms with E-state index in [2.05, 4.69) is 9.97 Å². The van der Waals surface area contributed by atoms with E-state index >= 15 is 0 Å². The number of halogens is 2. The highest BCUT2D eigenvalue weighted by atomic mass is 19.1. The molecule has 0 amide bonds. The highest BCUT2D eigenvalue weighted by Crippen LogP contribution is 2.36. The Balaban J connectivity index is 1.90. The summed E-state index contributed by atoms with van der Waals surface area (Å²) >= 11 is 0. The van der Waals surface area contributed by atoms with Gasteiger partial charge in [0, 0.05) is 31.0 Å². The molecule has 1 aromatic carbocycles. The van der Waals surface area contributed by atoms with Crippen LogP contribution in [0.5, 0.6) is 0 Å². The number of nitrogens with zero attached hydrogens (tertiary/aromatic N) is 3. The summed E-state index contributed by atoms with van der Waals surface area (Å²) < 4.78 is 27.2. The van der Waals surface area contributed by atoms with E-state index in [4.69, 9.17) is 0 Å². The summed E-state index contributed by atoms with van der Waals surface area (Å²) in [7, 11) is 0. The molecule has 1 aliphatic rings. The second-order valence-electron chi connectivity index (χ2n) is 6.52. The zero-order valence-electron chi connectivity index (χ0n) is 13.9. The number of anilines is 1. The molecule has 0 spiro atoms. The summed E-state index contributed by atoms with van der Waals surface area (Å²) in [6.45, 7) is 2.67. The molecule has 1 saturated heterocycles. The second-order valence-corrected chi connectivity index (χ2v) is 6.52. The van der Waals surface area contributed by atoms with Gasteiger partial charge in [-0.25, -0.2) is 18.7 Å². The van der Waals surface area contributed by atoms with Crippen LogP contribution in [0.15, 0.2) is 30.5 Å². The van der Waals surface area contributed by atoms with Gasteiger partial charge in [0.15, 0.2) is 0 Å². The predicted octanol–water partition coefficient (Wildman–Crippen LogP) is 2.98. The summed E-state index contributed by atoms with van der Waals surface area (Å²) in [6.07, 6.45) is 2.68. The molecule has 1 atom stereocenters. The standard InChI is InChI=1S/C18H19F2N3O2/c1-12-5-7-21-17(22-12)23-8-2-6-18(11-23,16(24)25)10-13-3-4-14(19)9-15(13)20/h3-5,7,9H,2,6,8,10-11H2,1H3,(H,24,25). The first kappa shape index (κ1) is 17.3. The summed E-state index contributed by atoms with van der Waals surface area (Å²) in [4.78, 5) is 22.4. The minimum Gasteiger partial charge on any atom is -0.481 e. The molecular weight excluding hydrogens is 328 g/mol. The van der Waals surface area contributed by atoms with Crippen LogP contribution < -0.4 is 4.90 Å². The van der Waals surface area contributed by atoms with Gasteiger partial charge in [-0.2, -0.15) is 0 Å². The number of hydrogen-bond donors (Lipinski definition) is 1. The summed E-state index contributed by atoms with van der Waals surface area (Å²) in [6, 6.07) is 5.02. The maximum Gasteiger partial charge on any atom is 0.311 e. The van der Waals surface area contributed by atoms with E-state index < -0.39 is 23.0 Å². The number of carbonyl (C=O) groups is 1. The third-order valence-corrected chi connectivity index (χ3v) is 4.64. The van der Waals surface area contributed by atoms with Gasteiger partial charge >= 0.3 is 5.97 Å². The number of piperidine rings is 1. The van der Waals surface area contributed by atoms with Gasteiger partial charge in [0.2, 0.25) is 5.95 Å². The van der Waals surface area contributed by atoms with Crippen molar-refractivity contribution in [1.29, 1.82) is 0 Å². The number of carboxylic acids is 1. The number of carboxylic acid groups (broad SMARTS) is 1. The smallest absolute Gasteiger partial charge is 0.311 e. The zero-order chi connectivity index (χ0) is 18.0. The Hall–Kier alpha value is -2.57. The van der Waals surface area contributed by atoms with Crippen LogP contribution >= 0.6 is 0 Å². The molecule has 0 saturated carbocycles. The second kappa shape index (κ2) is 6.74. The van der Waals surface area contributed by atoms with Crippen molar-refractivity contribution in [2.24, 2.45) is 5.41 Å². The van der Waals surface area contributed by atoms with E-state index in [1.54, 1.807) is 12.3 Å². The molecule has 5 nitrogen and oxygen atoms in total. The molecule has 7 heteroatoms. The minimum atomic E-state index is -1.16. The maximum absolute atomic E-state index is 14.0. The molecule has 0 aliphatic carbocycles. The highest BCUT2D eigenvalue weighted by molar-refractivity contribution is 5.76. The molecular formula is C18H19F2N3O2. The van der Waals surface area contributed by atoms with E-state index in [1.165, 1.54) is 6.07 Å². The third kappa shape index (κ3) is 3.60. The van der Waals surface area contributed by atoms with E-state index in [0.717, 1.165) is 17.8 Å². The first-order valence-corrected chi connectivity index (χ1v) is 8.12. The lowest BCUT2D eigenvalue weighted by Crippen LogP contribution is -2.50. The van der Waals surface area contributed by atoms with Crippen molar-refractivity contribution in [2.45, 2.75) is 26.2 Å². The predicted molar refractivity (Wildman–Crippen MR) is 88.3 cm³/mol. The van der Waals surface area contributed by atoms with Crippen molar-refractivity contribution in [1.82, 2.24) is 9.97 Å². The van der Waals surface area contributed by atoms with Crippen LogP contribution in [0.2, 0.25) is 0 Å². The number of aryl methyl sites for hydroxylation is 1. The Morgan fingerprint density at radius 3 is 2.84 bits per heavy atom. The fraction of sp³-hybridized carbons (Fsp3) is 0.389. The first-order chi connectivity index (χ1) is 11.9. The largest absolute Gasteiger partial charge is 0.481 e. The number of aromatic nitrogens is 2. The number of hydrogen-bond acceptors (Lipinski definition) is 4. The fourth-order valence-corrected chi connectivity index (χ4v) is 3.31. The van der Waals surface area contributed by atoms with Crippen LogP contribution in [0, 0.1) is 24.0 Å². The van der Waals surface area contributed by atoms with Crippen molar-refractivity contribution in [3.63, 3.8) is 0 Å². The molecule has 2 aromatic rings. The molecule has 0 bridgehead atoms.